The van der Waals surface area contributed by atoms with Gasteiger partial charge in [0.2, 0.25) is 0 Å². The zero-order valence-corrected chi connectivity index (χ0v) is 8.71. The van der Waals surface area contributed by atoms with Crippen molar-refractivity contribution in [3.05, 3.63) is 0 Å². The quantitative estimate of drug-likeness (QED) is 0.648. The van der Waals surface area contributed by atoms with Crippen molar-refractivity contribution in [3.63, 3.8) is 0 Å². The van der Waals surface area contributed by atoms with Crippen LogP contribution in [0, 0.1) is 18.3 Å². The number of likely N-dealkylation sites (N-methyl/N-ethyl adjacent to an activating group) is 1. The summed E-state index contributed by atoms with van der Waals surface area (Å²) in [5, 5.41) is 3.52. The van der Waals surface area contributed by atoms with E-state index in [4.69, 9.17) is 6.42 Å². The van der Waals surface area contributed by atoms with Crippen LogP contribution in [0.15, 0.2) is 0 Å². The molecule has 74 valence electrons. The van der Waals surface area contributed by atoms with Crippen molar-refractivity contribution in [1.82, 2.24) is 10.2 Å². The summed E-state index contributed by atoms with van der Waals surface area (Å²) >= 11 is 0. The molecule has 2 unspecified atom stereocenters. The van der Waals surface area contributed by atoms with E-state index in [2.05, 4.69) is 30.0 Å². The number of nitrogens with one attached hydrogen (secondary N) is 1. The minimum absolute atomic E-state index is 0.647. The van der Waals surface area contributed by atoms with Gasteiger partial charge in [0.25, 0.3) is 0 Å². The first-order valence-electron chi connectivity index (χ1n) is 5.17. The van der Waals surface area contributed by atoms with Gasteiger partial charge >= 0.3 is 0 Å². The van der Waals surface area contributed by atoms with E-state index in [1.807, 2.05) is 0 Å². The molecule has 0 spiro atoms. The lowest BCUT2D eigenvalue weighted by atomic mass is 10.0. The molecule has 0 aromatic carbocycles. The average molecular weight is 180 g/mol. The highest BCUT2D eigenvalue weighted by atomic mass is 15.1. The fourth-order valence-corrected chi connectivity index (χ4v) is 1.86. The van der Waals surface area contributed by atoms with E-state index in [1.54, 1.807) is 0 Å². The van der Waals surface area contributed by atoms with Crippen LogP contribution < -0.4 is 5.32 Å². The predicted molar refractivity (Wildman–Crippen MR) is 56.5 cm³/mol. The second-order valence-corrected chi connectivity index (χ2v) is 3.86. The van der Waals surface area contributed by atoms with Crippen molar-refractivity contribution in [2.75, 3.05) is 26.2 Å². The highest BCUT2D eigenvalue weighted by molar-refractivity contribution is 4.91. The number of terminal acetylenes is 1. The van der Waals surface area contributed by atoms with Gasteiger partial charge in [0.05, 0.1) is 6.54 Å². The van der Waals surface area contributed by atoms with Gasteiger partial charge in [0, 0.05) is 12.6 Å². The van der Waals surface area contributed by atoms with Gasteiger partial charge in [0.1, 0.15) is 0 Å². The molecular formula is C11H20N2. The van der Waals surface area contributed by atoms with Crippen molar-refractivity contribution in [2.45, 2.75) is 26.3 Å². The second kappa shape index (κ2) is 5.26. The summed E-state index contributed by atoms with van der Waals surface area (Å²) in [6, 6.07) is 0.647. The normalized spacial score (nSPS) is 27.8. The Balaban J connectivity index is 2.32. The molecule has 0 saturated carbocycles. The van der Waals surface area contributed by atoms with E-state index in [-0.39, 0.29) is 0 Å². The molecule has 0 amide bonds. The van der Waals surface area contributed by atoms with Gasteiger partial charge in [-0.2, -0.15) is 0 Å². The molecule has 1 fully saturated rings. The Labute approximate surface area is 81.7 Å². The van der Waals surface area contributed by atoms with E-state index < -0.39 is 0 Å². The second-order valence-electron chi connectivity index (χ2n) is 3.86. The summed E-state index contributed by atoms with van der Waals surface area (Å²) in [6.07, 6.45) is 6.61. The van der Waals surface area contributed by atoms with Gasteiger partial charge in [-0.1, -0.05) is 19.8 Å². The number of rotatable bonds is 4. The van der Waals surface area contributed by atoms with Crippen molar-refractivity contribution < 1.29 is 0 Å². The van der Waals surface area contributed by atoms with Crippen molar-refractivity contribution in [2.24, 2.45) is 5.92 Å². The summed E-state index contributed by atoms with van der Waals surface area (Å²) in [6.45, 7) is 8.57. The number of hydrogen-bond donors (Lipinski definition) is 1. The van der Waals surface area contributed by atoms with Crippen LogP contribution in [0.4, 0.5) is 0 Å². The highest BCUT2D eigenvalue weighted by Crippen LogP contribution is 2.15. The summed E-state index contributed by atoms with van der Waals surface area (Å²) in [5.74, 6) is 3.50. The standard InChI is InChI=1S/C11H20N2/c1-4-8-13(5-2)9-11-10(3)6-7-12-11/h1,10-12H,5-9H2,2-3H3. The Bertz CT molecular complexity index is 183. The van der Waals surface area contributed by atoms with Gasteiger partial charge < -0.3 is 5.32 Å². The third-order valence-electron chi connectivity index (χ3n) is 2.91. The molecule has 0 radical (unpaired) electrons. The lowest BCUT2D eigenvalue weighted by molar-refractivity contribution is 0.269. The van der Waals surface area contributed by atoms with Crippen LogP contribution in [-0.4, -0.2) is 37.1 Å². The van der Waals surface area contributed by atoms with Crippen LogP contribution in [0.2, 0.25) is 0 Å². The van der Waals surface area contributed by atoms with Gasteiger partial charge in [-0.25, -0.2) is 0 Å². The first-order chi connectivity index (χ1) is 6.27. The topological polar surface area (TPSA) is 15.3 Å². The lowest BCUT2D eigenvalue weighted by Crippen LogP contribution is -2.40. The van der Waals surface area contributed by atoms with Gasteiger partial charge in [-0.15, -0.1) is 6.42 Å². The molecule has 1 N–H and O–H groups in total. The summed E-state index contributed by atoms with van der Waals surface area (Å²) in [4.78, 5) is 2.32. The van der Waals surface area contributed by atoms with E-state index in [0.717, 1.165) is 25.6 Å². The maximum atomic E-state index is 5.30. The zero-order valence-electron chi connectivity index (χ0n) is 8.71. The predicted octanol–water partition coefficient (Wildman–Crippen LogP) is 0.940. The molecule has 1 heterocycles. The summed E-state index contributed by atoms with van der Waals surface area (Å²) in [5.41, 5.74) is 0. The maximum Gasteiger partial charge on any atom is 0.0599 e. The van der Waals surface area contributed by atoms with Crippen molar-refractivity contribution in [1.29, 1.82) is 0 Å². The zero-order chi connectivity index (χ0) is 9.68. The van der Waals surface area contributed by atoms with Crippen LogP contribution in [-0.2, 0) is 0 Å². The Morgan fingerprint density at radius 3 is 2.85 bits per heavy atom. The molecule has 0 aromatic rings. The van der Waals surface area contributed by atoms with Crippen LogP contribution in [0.1, 0.15) is 20.3 Å². The Morgan fingerprint density at radius 1 is 1.62 bits per heavy atom. The lowest BCUT2D eigenvalue weighted by Gasteiger charge is -2.24. The molecule has 1 aliphatic heterocycles. The SMILES string of the molecule is C#CCN(CC)CC1NCCC1C. The van der Waals surface area contributed by atoms with E-state index >= 15 is 0 Å². The average Bonchev–Trinajstić information content (AvgIpc) is 2.51. The van der Waals surface area contributed by atoms with Crippen LogP contribution in [0.25, 0.3) is 0 Å². The third-order valence-corrected chi connectivity index (χ3v) is 2.91. The Kier molecular flexibility index (Phi) is 4.27. The van der Waals surface area contributed by atoms with Gasteiger partial charge in [-0.3, -0.25) is 4.90 Å². The molecule has 0 aromatic heterocycles. The van der Waals surface area contributed by atoms with Crippen molar-refractivity contribution in [3.8, 4) is 12.3 Å². The van der Waals surface area contributed by atoms with Crippen LogP contribution in [0.5, 0.6) is 0 Å². The first kappa shape index (κ1) is 10.6. The molecule has 13 heavy (non-hydrogen) atoms. The molecule has 0 bridgehead atoms. The molecular weight excluding hydrogens is 160 g/mol. The molecule has 1 saturated heterocycles. The maximum absolute atomic E-state index is 5.30. The smallest absolute Gasteiger partial charge is 0.0599 e. The monoisotopic (exact) mass is 180 g/mol. The molecule has 2 heteroatoms. The van der Waals surface area contributed by atoms with Crippen LogP contribution >= 0.6 is 0 Å². The Hall–Kier alpha value is -0.520. The minimum Gasteiger partial charge on any atom is -0.312 e. The number of nitrogens with zero attached hydrogens (tertiary/aromatic N) is 1. The number of hydrogen-bond acceptors (Lipinski definition) is 2. The van der Waals surface area contributed by atoms with Crippen LogP contribution in [0.3, 0.4) is 0 Å². The van der Waals surface area contributed by atoms with Gasteiger partial charge in [-0.05, 0) is 25.4 Å². The first-order valence-corrected chi connectivity index (χ1v) is 5.17. The van der Waals surface area contributed by atoms with Crippen molar-refractivity contribution >= 4 is 0 Å². The highest BCUT2D eigenvalue weighted by Gasteiger charge is 2.23. The Morgan fingerprint density at radius 2 is 2.38 bits per heavy atom. The molecule has 0 aliphatic carbocycles. The molecule has 1 aliphatic rings. The van der Waals surface area contributed by atoms with E-state index in [0.29, 0.717) is 6.04 Å². The fraction of sp³-hybridized carbons (Fsp3) is 0.818. The molecule has 2 atom stereocenters. The molecule has 1 rings (SSSR count). The van der Waals surface area contributed by atoms with E-state index in [1.165, 1.54) is 13.0 Å². The van der Waals surface area contributed by atoms with E-state index in [9.17, 15) is 0 Å². The summed E-state index contributed by atoms with van der Waals surface area (Å²) < 4.78 is 0. The largest absolute Gasteiger partial charge is 0.312 e. The molecule has 2 nitrogen and oxygen atoms in total. The van der Waals surface area contributed by atoms with Gasteiger partial charge in [0.15, 0.2) is 0 Å². The fourth-order valence-electron chi connectivity index (χ4n) is 1.86. The third kappa shape index (κ3) is 3.02. The summed E-state index contributed by atoms with van der Waals surface area (Å²) in [7, 11) is 0. The minimum atomic E-state index is 0.647.